The van der Waals surface area contributed by atoms with E-state index in [1.165, 1.54) is 28.2 Å². The fraction of sp³-hybridized carbons (Fsp3) is 0.316. The van der Waals surface area contributed by atoms with Gasteiger partial charge in [0.05, 0.1) is 17.6 Å². The molecule has 0 bridgehead atoms. The molecule has 152 valence electrons. The van der Waals surface area contributed by atoms with E-state index in [1.807, 2.05) is 26.2 Å². The number of amides is 1. The number of thiazole rings is 1. The molecular formula is C19H20N4O5S. The van der Waals surface area contributed by atoms with Crippen LogP contribution >= 0.6 is 11.3 Å². The maximum atomic E-state index is 13.0. The number of carbonyl (C=O) groups excluding carboxylic acids is 1. The number of rotatable bonds is 5. The summed E-state index contributed by atoms with van der Waals surface area (Å²) in [5.74, 6) is -2.77. The van der Waals surface area contributed by atoms with Gasteiger partial charge in [-0.05, 0) is 12.1 Å². The molecular weight excluding hydrogens is 396 g/mol. The number of fused-ring (bicyclic) bond motifs is 1. The first-order valence-electron chi connectivity index (χ1n) is 8.75. The smallest absolute Gasteiger partial charge is 0.322 e. The molecule has 3 aromatic heterocycles. The summed E-state index contributed by atoms with van der Waals surface area (Å²) in [5.41, 5.74) is -0.376. The van der Waals surface area contributed by atoms with Crippen molar-refractivity contribution in [1.82, 2.24) is 19.9 Å². The molecule has 10 heteroatoms. The summed E-state index contributed by atoms with van der Waals surface area (Å²) in [5, 5.41) is 24.1. The number of aliphatic carboxylic acids is 1. The number of pyridine rings is 2. The lowest BCUT2D eigenvalue weighted by Gasteiger charge is -2.15. The predicted molar refractivity (Wildman–Crippen MR) is 108 cm³/mol. The number of aromatic nitrogens is 3. The molecule has 0 fully saturated rings. The largest absolute Gasteiger partial charge is 0.506 e. The van der Waals surface area contributed by atoms with Crippen molar-refractivity contribution in [3.63, 3.8) is 0 Å². The number of carbonyl (C=O) groups is 2. The zero-order valence-electron chi connectivity index (χ0n) is 16.1. The van der Waals surface area contributed by atoms with Crippen LogP contribution in [0.1, 0.15) is 41.8 Å². The Morgan fingerprint density at radius 3 is 2.66 bits per heavy atom. The molecule has 1 amide bonds. The van der Waals surface area contributed by atoms with Gasteiger partial charge in [-0.1, -0.05) is 20.8 Å². The van der Waals surface area contributed by atoms with Crippen molar-refractivity contribution in [2.24, 2.45) is 0 Å². The highest BCUT2D eigenvalue weighted by molar-refractivity contribution is 7.09. The number of nitrogens with one attached hydrogen (secondary N) is 1. The number of nitrogens with zero attached hydrogens (tertiary/aromatic N) is 3. The van der Waals surface area contributed by atoms with Gasteiger partial charge in [0.25, 0.3) is 11.5 Å². The molecule has 9 nitrogen and oxygen atoms in total. The molecule has 0 aliphatic rings. The SMILES string of the molecule is CC(C)(C)c1csc(Cn2c(=O)c(C(=O)NCC(=O)O)c(O)c3cccnc32)n1. The third kappa shape index (κ3) is 4.11. The van der Waals surface area contributed by atoms with Gasteiger partial charge in [0.1, 0.15) is 28.5 Å². The Hall–Kier alpha value is -3.27. The first kappa shape index (κ1) is 20.5. The highest BCUT2D eigenvalue weighted by atomic mass is 32.1. The van der Waals surface area contributed by atoms with Crippen LogP contribution in [-0.4, -0.2) is 43.2 Å². The summed E-state index contributed by atoms with van der Waals surface area (Å²) in [6.07, 6.45) is 1.48. The van der Waals surface area contributed by atoms with E-state index in [2.05, 4.69) is 15.3 Å². The minimum atomic E-state index is -1.27. The monoisotopic (exact) mass is 416 g/mol. The first-order chi connectivity index (χ1) is 13.6. The average molecular weight is 416 g/mol. The van der Waals surface area contributed by atoms with E-state index < -0.39 is 35.3 Å². The zero-order valence-corrected chi connectivity index (χ0v) is 16.9. The Balaban J connectivity index is 2.13. The number of hydrogen-bond donors (Lipinski definition) is 3. The van der Waals surface area contributed by atoms with Crippen LogP contribution in [0.15, 0.2) is 28.5 Å². The average Bonchev–Trinajstić information content (AvgIpc) is 3.13. The van der Waals surface area contributed by atoms with Crippen molar-refractivity contribution in [3.8, 4) is 5.75 Å². The Labute approximate surface area is 169 Å². The van der Waals surface area contributed by atoms with Crippen LogP contribution in [0.5, 0.6) is 5.75 Å². The molecule has 0 aromatic carbocycles. The van der Waals surface area contributed by atoms with E-state index in [9.17, 15) is 19.5 Å². The fourth-order valence-corrected chi connectivity index (χ4v) is 3.73. The van der Waals surface area contributed by atoms with E-state index in [0.29, 0.717) is 5.01 Å². The minimum Gasteiger partial charge on any atom is -0.506 e. The summed E-state index contributed by atoms with van der Waals surface area (Å²) < 4.78 is 1.26. The molecule has 0 aliphatic carbocycles. The summed E-state index contributed by atoms with van der Waals surface area (Å²) >= 11 is 1.38. The van der Waals surface area contributed by atoms with Crippen molar-refractivity contribution < 1.29 is 19.8 Å². The number of carboxylic acids is 1. The van der Waals surface area contributed by atoms with E-state index in [0.717, 1.165) is 5.69 Å². The molecule has 3 heterocycles. The normalized spacial score (nSPS) is 11.6. The molecule has 0 aliphatic heterocycles. The molecule has 0 radical (unpaired) electrons. The molecule has 0 spiro atoms. The van der Waals surface area contributed by atoms with Crippen LogP contribution in [0.4, 0.5) is 0 Å². The summed E-state index contributed by atoms with van der Waals surface area (Å²) in [6.45, 7) is 5.47. The lowest BCUT2D eigenvalue weighted by molar-refractivity contribution is -0.135. The van der Waals surface area contributed by atoms with E-state index in [1.54, 1.807) is 6.07 Å². The van der Waals surface area contributed by atoms with Gasteiger partial charge in [0.15, 0.2) is 0 Å². The molecule has 0 unspecified atom stereocenters. The molecule has 3 rings (SSSR count). The Bertz CT molecular complexity index is 1160. The first-order valence-corrected chi connectivity index (χ1v) is 9.63. The quantitative estimate of drug-likeness (QED) is 0.576. The van der Waals surface area contributed by atoms with Gasteiger partial charge in [-0.2, -0.15) is 0 Å². The molecule has 0 atom stereocenters. The lowest BCUT2D eigenvalue weighted by atomic mass is 9.93. The third-order valence-corrected chi connectivity index (χ3v) is 5.07. The van der Waals surface area contributed by atoms with Crippen molar-refractivity contribution in [2.75, 3.05) is 6.54 Å². The predicted octanol–water partition coefficient (Wildman–Crippen LogP) is 1.72. The fourth-order valence-electron chi connectivity index (χ4n) is 2.72. The molecule has 0 saturated heterocycles. The second kappa shape index (κ2) is 7.63. The van der Waals surface area contributed by atoms with Crippen LogP contribution < -0.4 is 10.9 Å². The number of aromatic hydroxyl groups is 1. The van der Waals surface area contributed by atoms with E-state index in [-0.39, 0.29) is 23.0 Å². The Kier molecular flexibility index (Phi) is 5.38. The highest BCUT2D eigenvalue weighted by Gasteiger charge is 2.24. The molecule has 3 aromatic rings. The van der Waals surface area contributed by atoms with Crippen LogP contribution in [0.25, 0.3) is 11.0 Å². The summed E-state index contributed by atoms with van der Waals surface area (Å²) in [4.78, 5) is 44.9. The zero-order chi connectivity index (χ0) is 21.3. The Morgan fingerprint density at radius 2 is 2.03 bits per heavy atom. The summed E-state index contributed by atoms with van der Waals surface area (Å²) in [6, 6.07) is 3.10. The van der Waals surface area contributed by atoms with Crippen molar-refractivity contribution >= 4 is 34.2 Å². The van der Waals surface area contributed by atoms with Gasteiger partial charge < -0.3 is 15.5 Å². The minimum absolute atomic E-state index is 0.0621. The van der Waals surface area contributed by atoms with Gasteiger partial charge in [0.2, 0.25) is 0 Å². The summed E-state index contributed by atoms with van der Waals surface area (Å²) in [7, 11) is 0. The standard InChI is InChI=1S/C19H20N4O5S/c1-19(2,3)11-9-29-12(22-11)8-23-16-10(5-4-6-20-16)15(26)14(18(23)28)17(27)21-7-13(24)25/h4-6,9,26H,7-8H2,1-3H3,(H,21,27)(H,24,25). The molecule has 29 heavy (non-hydrogen) atoms. The van der Waals surface area contributed by atoms with Crippen LogP contribution in [0, 0.1) is 0 Å². The maximum Gasteiger partial charge on any atom is 0.322 e. The maximum absolute atomic E-state index is 13.0. The van der Waals surface area contributed by atoms with Gasteiger partial charge in [0, 0.05) is 17.0 Å². The number of hydrogen-bond acceptors (Lipinski definition) is 7. The molecule has 0 saturated carbocycles. The van der Waals surface area contributed by atoms with E-state index in [4.69, 9.17) is 5.11 Å². The van der Waals surface area contributed by atoms with Crippen molar-refractivity contribution in [3.05, 3.63) is 50.3 Å². The van der Waals surface area contributed by atoms with Crippen LogP contribution in [0.2, 0.25) is 0 Å². The van der Waals surface area contributed by atoms with Gasteiger partial charge >= 0.3 is 5.97 Å². The topological polar surface area (TPSA) is 134 Å². The van der Waals surface area contributed by atoms with E-state index >= 15 is 0 Å². The van der Waals surface area contributed by atoms with Crippen molar-refractivity contribution in [2.45, 2.75) is 32.7 Å². The van der Waals surface area contributed by atoms with Crippen LogP contribution in [0.3, 0.4) is 0 Å². The lowest BCUT2D eigenvalue weighted by Crippen LogP contribution is -2.36. The van der Waals surface area contributed by atoms with Gasteiger partial charge in [-0.15, -0.1) is 11.3 Å². The number of carboxylic acid groups (broad SMARTS) is 1. The second-order valence-electron chi connectivity index (χ2n) is 7.44. The van der Waals surface area contributed by atoms with Crippen LogP contribution in [-0.2, 0) is 16.8 Å². The van der Waals surface area contributed by atoms with Crippen molar-refractivity contribution in [1.29, 1.82) is 0 Å². The third-order valence-electron chi connectivity index (χ3n) is 4.23. The van der Waals surface area contributed by atoms with Gasteiger partial charge in [-0.3, -0.25) is 19.0 Å². The molecule has 3 N–H and O–H groups in total. The Morgan fingerprint density at radius 1 is 1.31 bits per heavy atom. The second-order valence-corrected chi connectivity index (χ2v) is 8.39. The highest BCUT2D eigenvalue weighted by Crippen LogP contribution is 2.27. The van der Waals surface area contributed by atoms with Gasteiger partial charge in [-0.25, -0.2) is 9.97 Å².